The fourth-order valence-electron chi connectivity index (χ4n) is 4.56. The topological polar surface area (TPSA) is 50.8 Å². The molecule has 0 aromatic heterocycles. The monoisotopic (exact) mass is 464 g/mol. The molecule has 174 valence electrons. The average Bonchev–Trinajstić information content (AvgIpc) is 3.13. The molecule has 5 nitrogen and oxygen atoms in total. The number of benzene rings is 2. The van der Waals surface area contributed by atoms with Crippen molar-refractivity contribution in [1.29, 1.82) is 0 Å². The third kappa shape index (κ3) is 5.38. The van der Waals surface area contributed by atoms with Gasteiger partial charge in [0.15, 0.2) is 17.0 Å². The summed E-state index contributed by atoms with van der Waals surface area (Å²) < 4.78 is 11.2. The molecule has 1 heterocycles. The number of carbonyl (C=O) groups is 1. The molecule has 1 amide bonds. The maximum atomic E-state index is 13.6. The van der Waals surface area contributed by atoms with Crippen molar-refractivity contribution >= 4 is 29.4 Å². The second kappa shape index (κ2) is 10.8. The van der Waals surface area contributed by atoms with Crippen molar-refractivity contribution in [3.05, 3.63) is 71.7 Å². The summed E-state index contributed by atoms with van der Waals surface area (Å²) in [7, 11) is 1.62. The molecule has 2 fully saturated rings. The number of rotatable bonds is 8. The van der Waals surface area contributed by atoms with Gasteiger partial charge in [-0.05, 0) is 54.7 Å². The third-order valence-electron chi connectivity index (χ3n) is 6.27. The summed E-state index contributed by atoms with van der Waals surface area (Å²) in [5.41, 5.74) is 1.79. The summed E-state index contributed by atoms with van der Waals surface area (Å²) >= 11 is 1.58. The van der Waals surface area contributed by atoms with Crippen molar-refractivity contribution in [2.75, 3.05) is 19.0 Å². The van der Waals surface area contributed by atoms with Crippen molar-refractivity contribution in [1.82, 2.24) is 4.90 Å². The van der Waals surface area contributed by atoms with Gasteiger partial charge in [-0.25, -0.2) is 0 Å². The van der Waals surface area contributed by atoms with Crippen LogP contribution < -0.4 is 14.8 Å². The number of nitrogens with zero attached hydrogens (tertiary/aromatic N) is 1. The van der Waals surface area contributed by atoms with Crippen LogP contribution in [0.2, 0.25) is 0 Å². The smallest absolute Gasteiger partial charge is 0.262 e. The Morgan fingerprint density at radius 2 is 1.94 bits per heavy atom. The zero-order valence-electron chi connectivity index (χ0n) is 19.3. The third-order valence-corrected chi connectivity index (χ3v) is 7.38. The van der Waals surface area contributed by atoms with E-state index in [1.54, 1.807) is 24.9 Å². The van der Waals surface area contributed by atoms with E-state index in [0.717, 1.165) is 22.6 Å². The van der Waals surface area contributed by atoms with Gasteiger partial charge in [-0.15, -0.1) is 0 Å². The average molecular weight is 465 g/mol. The van der Waals surface area contributed by atoms with E-state index in [1.807, 2.05) is 54.6 Å². The molecular formula is C27H32N2O3S. The van der Waals surface area contributed by atoms with Crippen LogP contribution >= 0.6 is 11.8 Å². The van der Waals surface area contributed by atoms with Gasteiger partial charge in [0.25, 0.3) is 5.91 Å². The molecule has 1 saturated heterocycles. The minimum Gasteiger partial charge on any atom is -0.493 e. The highest BCUT2D eigenvalue weighted by Gasteiger charge is 2.42. The summed E-state index contributed by atoms with van der Waals surface area (Å²) in [6, 6.07) is 16.1. The first kappa shape index (κ1) is 23.3. The lowest BCUT2D eigenvalue weighted by Crippen LogP contribution is -2.48. The van der Waals surface area contributed by atoms with Crippen LogP contribution in [0.15, 0.2) is 66.1 Å². The molecule has 1 unspecified atom stereocenters. The van der Waals surface area contributed by atoms with Crippen LogP contribution in [0.25, 0.3) is 6.08 Å². The number of carbonyl (C=O) groups excluding carboxylic acids is 1. The van der Waals surface area contributed by atoms with Gasteiger partial charge in [-0.2, -0.15) is 0 Å². The van der Waals surface area contributed by atoms with Crippen molar-refractivity contribution in [3.63, 3.8) is 0 Å². The first-order valence-electron chi connectivity index (χ1n) is 11.5. The summed E-state index contributed by atoms with van der Waals surface area (Å²) in [6.45, 7) is 6.37. The molecule has 2 aliphatic rings. The second-order valence-electron chi connectivity index (χ2n) is 8.54. The first-order chi connectivity index (χ1) is 16.1. The Balaban J connectivity index is 1.62. The molecule has 2 aromatic carbocycles. The zero-order valence-corrected chi connectivity index (χ0v) is 20.1. The van der Waals surface area contributed by atoms with E-state index in [1.165, 1.54) is 19.3 Å². The van der Waals surface area contributed by atoms with Crippen LogP contribution in [0, 0.1) is 5.92 Å². The Morgan fingerprint density at radius 3 is 2.67 bits per heavy atom. The van der Waals surface area contributed by atoms with E-state index < -0.39 is 0 Å². The van der Waals surface area contributed by atoms with E-state index in [-0.39, 0.29) is 17.4 Å². The summed E-state index contributed by atoms with van der Waals surface area (Å²) in [4.78, 5) is 16.5. The number of para-hydroxylation sites is 1. The first-order valence-corrected chi connectivity index (χ1v) is 12.4. The molecule has 1 N–H and O–H groups in total. The minimum absolute atomic E-state index is 0.0955. The minimum atomic E-state index is -0.131. The maximum absolute atomic E-state index is 13.6. The summed E-state index contributed by atoms with van der Waals surface area (Å²) in [6.07, 6.45) is 8.29. The Kier molecular flexibility index (Phi) is 7.65. The molecule has 1 aliphatic heterocycles. The number of methoxy groups -OCH3 is 1. The highest BCUT2D eigenvalue weighted by Crippen LogP contribution is 2.42. The van der Waals surface area contributed by atoms with Crippen LogP contribution in [-0.4, -0.2) is 36.1 Å². The standard InChI is InChI=1S/C27H32N2O3S/c1-4-16-32-23-15-14-20(17-24(23)31-3)18-25-26(30)29(22-13-9-8-10-19(22)2)27(33-25)28-21-11-6-5-7-12-21/h4-7,11-12,14-15,17-19,22,27-28H,1,8-10,13,16H2,2-3H3/b25-18-/t19-,22+,27?/m0/s1. The van der Waals surface area contributed by atoms with Gasteiger partial charge in [0.05, 0.1) is 12.0 Å². The summed E-state index contributed by atoms with van der Waals surface area (Å²) in [5.74, 6) is 1.88. The predicted octanol–water partition coefficient (Wildman–Crippen LogP) is 6.15. The van der Waals surface area contributed by atoms with Gasteiger partial charge in [0, 0.05) is 11.7 Å². The molecule has 33 heavy (non-hydrogen) atoms. The lowest BCUT2D eigenvalue weighted by atomic mass is 9.85. The molecule has 6 heteroatoms. The highest BCUT2D eigenvalue weighted by molar-refractivity contribution is 8.05. The van der Waals surface area contributed by atoms with Gasteiger partial charge in [0.2, 0.25) is 0 Å². The van der Waals surface area contributed by atoms with Crippen LogP contribution in [-0.2, 0) is 4.79 Å². The zero-order chi connectivity index (χ0) is 23.2. The van der Waals surface area contributed by atoms with E-state index in [0.29, 0.717) is 24.0 Å². The molecule has 0 spiro atoms. The Morgan fingerprint density at radius 1 is 1.15 bits per heavy atom. The number of amides is 1. The van der Waals surface area contributed by atoms with E-state index in [4.69, 9.17) is 9.47 Å². The predicted molar refractivity (Wildman–Crippen MR) is 136 cm³/mol. The molecule has 3 atom stereocenters. The lowest BCUT2D eigenvalue weighted by Gasteiger charge is -2.39. The van der Waals surface area contributed by atoms with Gasteiger partial charge >= 0.3 is 0 Å². The van der Waals surface area contributed by atoms with E-state index in [9.17, 15) is 4.79 Å². The molecular weight excluding hydrogens is 432 g/mol. The molecule has 1 aliphatic carbocycles. The van der Waals surface area contributed by atoms with Gasteiger partial charge in [-0.3, -0.25) is 4.79 Å². The number of ether oxygens (including phenoxy) is 2. The van der Waals surface area contributed by atoms with Crippen LogP contribution in [0.3, 0.4) is 0 Å². The normalized spacial score (nSPS) is 24.1. The number of anilines is 1. The quantitative estimate of drug-likeness (QED) is 0.375. The second-order valence-corrected chi connectivity index (χ2v) is 9.66. The number of nitrogens with one attached hydrogen (secondary N) is 1. The molecule has 0 radical (unpaired) electrons. The van der Waals surface area contributed by atoms with E-state index in [2.05, 4.69) is 23.7 Å². The molecule has 0 bridgehead atoms. The summed E-state index contributed by atoms with van der Waals surface area (Å²) in [5, 5.41) is 3.58. The van der Waals surface area contributed by atoms with Crippen molar-refractivity contribution in [2.24, 2.45) is 5.92 Å². The molecule has 2 aromatic rings. The Labute approximate surface area is 200 Å². The Bertz CT molecular complexity index is 1010. The molecule has 4 rings (SSSR count). The maximum Gasteiger partial charge on any atom is 0.262 e. The van der Waals surface area contributed by atoms with Gasteiger partial charge in [-0.1, -0.05) is 68.4 Å². The number of hydrogen-bond acceptors (Lipinski definition) is 5. The highest BCUT2D eigenvalue weighted by atomic mass is 32.2. The number of hydrogen-bond donors (Lipinski definition) is 1. The van der Waals surface area contributed by atoms with Crippen molar-refractivity contribution in [3.8, 4) is 11.5 Å². The van der Waals surface area contributed by atoms with Crippen molar-refractivity contribution < 1.29 is 14.3 Å². The van der Waals surface area contributed by atoms with Crippen LogP contribution in [0.5, 0.6) is 11.5 Å². The number of thioether (sulfide) groups is 1. The van der Waals surface area contributed by atoms with Gasteiger partial charge < -0.3 is 19.7 Å². The van der Waals surface area contributed by atoms with Crippen molar-refractivity contribution in [2.45, 2.75) is 44.1 Å². The lowest BCUT2D eigenvalue weighted by molar-refractivity contribution is -0.129. The van der Waals surface area contributed by atoms with Crippen LogP contribution in [0.4, 0.5) is 5.69 Å². The molecule has 1 saturated carbocycles. The fraction of sp³-hybridized carbons (Fsp3) is 0.370. The fourth-order valence-corrected chi connectivity index (χ4v) is 5.77. The Hall–Kier alpha value is -2.86. The SMILES string of the molecule is C=CCOc1ccc(/C=C2\SC(Nc3ccccc3)N([C@@H]3CCCC[C@@H]3C)C2=O)cc1OC. The van der Waals surface area contributed by atoms with Crippen LogP contribution in [0.1, 0.15) is 38.2 Å². The largest absolute Gasteiger partial charge is 0.493 e. The van der Waals surface area contributed by atoms with E-state index >= 15 is 0 Å². The van der Waals surface area contributed by atoms with Gasteiger partial charge in [0.1, 0.15) is 6.61 Å².